The maximum absolute atomic E-state index is 12.2. The molecule has 4 nitrogen and oxygen atoms in total. The average molecular weight is 300 g/mol. The van der Waals surface area contributed by atoms with Crippen molar-refractivity contribution in [3.8, 4) is 0 Å². The maximum atomic E-state index is 12.2. The standard InChI is InChI=1S/C16H16N2O2S/c1-3-20-16(19)14-9-12-5-4-11(2)8-13(12)18(14)10-15-17-6-7-21-15/h4-9H,3,10H2,1-2H3. The van der Waals surface area contributed by atoms with Crippen molar-refractivity contribution in [3.05, 3.63) is 52.1 Å². The van der Waals surface area contributed by atoms with Crippen molar-refractivity contribution < 1.29 is 9.53 Å². The van der Waals surface area contributed by atoms with Gasteiger partial charge in [0.25, 0.3) is 0 Å². The fraction of sp³-hybridized carbons (Fsp3) is 0.250. The van der Waals surface area contributed by atoms with E-state index in [0.29, 0.717) is 18.8 Å². The Kier molecular flexibility index (Phi) is 3.75. The summed E-state index contributed by atoms with van der Waals surface area (Å²) in [5.74, 6) is -0.289. The molecular formula is C16H16N2O2S. The largest absolute Gasteiger partial charge is 0.461 e. The number of benzene rings is 1. The Morgan fingerprint density at radius 3 is 2.95 bits per heavy atom. The van der Waals surface area contributed by atoms with Crippen LogP contribution in [-0.4, -0.2) is 22.1 Å². The molecule has 0 fully saturated rings. The molecular weight excluding hydrogens is 284 g/mol. The van der Waals surface area contributed by atoms with Gasteiger partial charge in [-0.1, -0.05) is 12.1 Å². The Morgan fingerprint density at radius 1 is 1.38 bits per heavy atom. The first-order valence-corrected chi connectivity index (χ1v) is 7.72. The molecule has 0 bridgehead atoms. The van der Waals surface area contributed by atoms with Crippen LogP contribution < -0.4 is 0 Å². The van der Waals surface area contributed by atoms with E-state index in [1.807, 2.05) is 42.0 Å². The Hall–Kier alpha value is -2.14. The summed E-state index contributed by atoms with van der Waals surface area (Å²) in [5, 5.41) is 3.95. The normalized spacial score (nSPS) is 11.0. The van der Waals surface area contributed by atoms with Gasteiger partial charge in [-0.2, -0.15) is 0 Å². The van der Waals surface area contributed by atoms with Crippen LogP contribution in [0.1, 0.15) is 28.0 Å². The number of thiazole rings is 1. The smallest absolute Gasteiger partial charge is 0.354 e. The van der Waals surface area contributed by atoms with Crippen molar-refractivity contribution in [2.24, 2.45) is 0 Å². The number of hydrogen-bond acceptors (Lipinski definition) is 4. The topological polar surface area (TPSA) is 44.1 Å². The van der Waals surface area contributed by atoms with Gasteiger partial charge in [0.15, 0.2) is 0 Å². The number of aromatic nitrogens is 2. The molecule has 5 heteroatoms. The molecule has 0 saturated carbocycles. The van der Waals surface area contributed by atoms with E-state index in [-0.39, 0.29) is 5.97 Å². The van der Waals surface area contributed by atoms with Gasteiger partial charge in [-0.15, -0.1) is 11.3 Å². The van der Waals surface area contributed by atoms with E-state index >= 15 is 0 Å². The number of rotatable bonds is 4. The van der Waals surface area contributed by atoms with E-state index in [9.17, 15) is 4.79 Å². The lowest BCUT2D eigenvalue weighted by molar-refractivity contribution is 0.0515. The van der Waals surface area contributed by atoms with Crippen molar-refractivity contribution in [2.75, 3.05) is 6.61 Å². The number of aryl methyl sites for hydroxylation is 1. The number of ether oxygens (including phenoxy) is 1. The minimum Gasteiger partial charge on any atom is -0.461 e. The highest BCUT2D eigenvalue weighted by Crippen LogP contribution is 2.24. The Balaban J connectivity index is 2.13. The van der Waals surface area contributed by atoms with Gasteiger partial charge in [-0.25, -0.2) is 9.78 Å². The van der Waals surface area contributed by atoms with Gasteiger partial charge < -0.3 is 9.30 Å². The summed E-state index contributed by atoms with van der Waals surface area (Å²) >= 11 is 1.58. The van der Waals surface area contributed by atoms with Gasteiger partial charge in [-0.05, 0) is 31.5 Å². The monoisotopic (exact) mass is 300 g/mol. The van der Waals surface area contributed by atoms with Crippen LogP contribution in [-0.2, 0) is 11.3 Å². The zero-order valence-electron chi connectivity index (χ0n) is 12.0. The summed E-state index contributed by atoms with van der Waals surface area (Å²) in [6.45, 7) is 4.81. The van der Waals surface area contributed by atoms with Crippen molar-refractivity contribution in [2.45, 2.75) is 20.4 Å². The van der Waals surface area contributed by atoms with E-state index in [1.54, 1.807) is 17.5 Å². The zero-order valence-corrected chi connectivity index (χ0v) is 12.8. The van der Waals surface area contributed by atoms with Crippen molar-refractivity contribution in [1.29, 1.82) is 0 Å². The van der Waals surface area contributed by atoms with Crippen LogP contribution in [0, 0.1) is 6.92 Å². The van der Waals surface area contributed by atoms with Crippen LogP contribution in [0.5, 0.6) is 0 Å². The highest BCUT2D eigenvalue weighted by atomic mass is 32.1. The molecule has 3 aromatic rings. The van der Waals surface area contributed by atoms with Gasteiger partial charge in [0, 0.05) is 22.5 Å². The van der Waals surface area contributed by atoms with E-state index in [4.69, 9.17) is 4.74 Å². The number of fused-ring (bicyclic) bond motifs is 1. The fourth-order valence-corrected chi connectivity index (χ4v) is 2.98. The third-order valence-corrected chi connectivity index (χ3v) is 4.09. The Morgan fingerprint density at radius 2 is 2.24 bits per heavy atom. The number of nitrogens with zero attached hydrogens (tertiary/aromatic N) is 2. The molecule has 21 heavy (non-hydrogen) atoms. The molecule has 0 unspecified atom stereocenters. The lowest BCUT2D eigenvalue weighted by Crippen LogP contribution is -2.12. The van der Waals surface area contributed by atoms with E-state index in [2.05, 4.69) is 11.1 Å². The number of esters is 1. The van der Waals surface area contributed by atoms with Crippen molar-refractivity contribution >= 4 is 28.2 Å². The summed E-state index contributed by atoms with van der Waals surface area (Å²) in [6.07, 6.45) is 1.78. The molecule has 0 saturated heterocycles. The van der Waals surface area contributed by atoms with Crippen LogP contribution in [0.4, 0.5) is 0 Å². The van der Waals surface area contributed by atoms with Crippen LogP contribution in [0.3, 0.4) is 0 Å². The second-order valence-corrected chi connectivity index (χ2v) is 5.80. The number of carbonyl (C=O) groups excluding carboxylic acids is 1. The Bertz CT molecular complexity index is 775. The number of carbonyl (C=O) groups is 1. The first kappa shape index (κ1) is 13.8. The predicted molar refractivity (Wildman–Crippen MR) is 83.8 cm³/mol. The first-order chi connectivity index (χ1) is 10.2. The van der Waals surface area contributed by atoms with Crippen LogP contribution in [0.25, 0.3) is 10.9 Å². The molecule has 0 spiro atoms. The minimum atomic E-state index is -0.289. The van der Waals surface area contributed by atoms with Crippen LogP contribution in [0.2, 0.25) is 0 Å². The molecule has 0 aliphatic carbocycles. The third-order valence-electron chi connectivity index (χ3n) is 3.32. The van der Waals surface area contributed by atoms with Gasteiger partial charge in [0.1, 0.15) is 10.7 Å². The quantitative estimate of drug-likeness (QED) is 0.691. The maximum Gasteiger partial charge on any atom is 0.354 e. The second kappa shape index (κ2) is 5.69. The zero-order chi connectivity index (χ0) is 14.8. The molecule has 0 atom stereocenters. The molecule has 0 radical (unpaired) electrons. The fourth-order valence-electron chi connectivity index (χ4n) is 2.38. The summed E-state index contributed by atoms with van der Waals surface area (Å²) in [6, 6.07) is 8.06. The van der Waals surface area contributed by atoms with E-state index in [1.165, 1.54) is 0 Å². The number of hydrogen-bond donors (Lipinski definition) is 0. The molecule has 2 aromatic heterocycles. The summed E-state index contributed by atoms with van der Waals surface area (Å²) < 4.78 is 7.16. The minimum absolute atomic E-state index is 0.289. The lowest BCUT2D eigenvalue weighted by atomic mass is 10.2. The van der Waals surface area contributed by atoms with Gasteiger partial charge >= 0.3 is 5.97 Å². The SMILES string of the molecule is CCOC(=O)c1cc2ccc(C)cc2n1Cc1nccs1. The van der Waals surface area contributed by atoms with Crippen molar-refractivity contribution in [1.82, 2.24) is 9.55 Å². The van der Waals surface area contributed by atoms with Gasteiger partial charge in [-0.3, -0.25) is 0 Å². The summed E-state index contributed by atoms with van der Waals surface area (Å²) in [7, 11) is 0. The van der Waals surface area contributed by atoms with Crippen molar-refractivity contribution in [3.63, 3.8) is 0 Å². The van der Waals surface area contributed by atoms with Gasteiger partial charge in [0.2, 0.25) is 0 Å². The molecule has 108 valence electrons. The highest BCUT2D eigenvalue weighted by Gasteiger charge is 2.17. The molecule has 0 aliphatic rings. The molecule has 3 rings (SSSR count). The van der Waals surface area contributed by atoms with E-state index in [0.717, 1.165) is 21.5 Å². The molecule has 0 aliphatic heterocycles. The second-order valence-electron chi connectivity index (χ2n) is 4.82. The lowest BCUT2D eigenvalue weighted by Gasteiger charge is -2.08. The third kappa shape index (κ3) is 2.69. The summed E-state index contributed by atoms with van der Waals surface area (Å²) in [4.78, 5) is 16.5. The average Bonchev–Trinajstić information content (AvgIpc) is 3.08. The Labute approximate surface area is 127 Å². The molecule has 0 N–H and O–H groups in total. The van der Waals surface area contributed by atoms with Crippen LogP contribution in [0.15, 0.2) is 35.8 Å². The molecule has 1 aromatic carbocycles. The summed E-state index contributed by atoms with van der Waals surface area (Å²) in [5.41, 5.74) is 2.78. The first-order valence-electron chi connectivity index (χ1n) is 6.84. The highest BCUT2D eigenvalue weighted by molar-refractivity contribution is 7.09. The van der Waals surface area contributed by atoms with E-state index < -0.39 is 0 Å². The van der Waals surface area contributed by atoms with Gasteiger partial charge in [0.05, 0.1) is 13.2 Å². The molecule has 2 heterocycles. The predicted octanol–water partition coefficient (Wildman–Crippen LogP) is 3.63. The molecule has 0 amide bonds. The van der Waals surface area contributed by atoms with Crippen LogP contribution >= 0.6 is 11.3 Å².